The van der Waals surface area contributed by atoms with Crippen LogP contribution in [-0.4, -0.2) is 14.9 Å². The molecule has 4 heteroatoms. The standard InChI is InChI=1S/C13H13FN2O/c14-10-4-5-13(17)12(6-10)9-7-15-16(8-9)11-2-1-3-11/h4-8,11,17H,1-3H2. The van der Waals surface area contributed by atoms with Crippen LogP contribution >= 0.6 is 0 Å². The van der Waals surface area contributed by atoms with Gasteiger partial charge in [0.1, 0.15) is 11.6 Å². The lowest BCUT2D eigenvalue weighted by atomic mass is 9.93. The molecule has 3 nitrogen and oxygen atoms in total. The number of halogens is 1. The van der Waals surface area contributed by atoms with Crippen molar-refractivity contribution in [2.45, 2.75) is 25.3 Å². The van der Waals surface area contributed by atoms with Crippen LogP contribution in [0, 0.1) is 5.82 Å². The summed E-state index contributed by atoms with van der Waals surface area (Å²) in [6.45, 7) is 0. The molecule has 0 saturated heterocycles. The molecule has 1 aromatic carbocycles. The lowest BCUT2D eigenvalue weighted by Gasteiger charge is -2.25. The Bertz CT molecular complexity index is 546. The lowest BCUT2D eigenvalue weighted by Crippen LogP contribution is -2.16. The van der Waals surface area contributed by atoms with Crippen LogP contribution < -0.4 is 0 Å². The molecule has 1 aromatic heterocycles. The van der Waals surface area contributed by atoms with Crippen molar-refractivity contribution in [1.29, 1.82) is 0 Å². The largest absolute Gasteiger partial charge is 0.507 e. The number of benzene rings is 1. The van der Waals surface area contributed by atoms with Crippen LogP contribution in [0.5, 0.6) is 5.75 Å². The number of rotatable bonds is 2. The quantitative estimate of drug-likeness (QED) is 0.863. The molecule has 0 spiro atoms. The smallest absolute Gasteiger partial charge is 0.124 e. The maximum Gasteiger partial charge on any atom is 0.124 e. The molecule has 0 bridgehead atoms. The molecule has 1 fully saturated rings. The van der Waals surface area contributed by atoms with E-state index in [1.165, 1.54) is 24.6 Å². The van der Waals surface area contributed by atoms with Crippen LogP contribution in [0.3, 0.4) is 0 Å². The molecule has 1 aliphatic carbocycles. The topological polar surface area (TPSA) is 38.1 Å². The zero-order valence-electron chi connectivity index (χ0n) is 9.31. The molecule has 1 N–H and O–H groups in total. The van der Waals surface area contributed by atoms with Gasteiger partial charge in [-0.25, -0.2) is 4.39 Å². The molecule has 0 unspecified atom stereocenters. The first-order valence-corrected chi connectivity index (χ1v) is 5.77. The van der Waals surface area contributed by atoms with Crippen LogP contribution in [-0.2, 0) is 0 Å². The molecule has 0 atom stereocenters. The SMILES string of the molecule is Oc1ccc(F)cc1-c1cnn(C2CCC2)c1. The van der Waals surface area contributed by atoms with E-state index in [1.54, 1.807) is 6.20 Å². The monoisotopic (exact) mass is 232 g/mol. The fourth-order valence-electron chi connectivity index (χ4n) is 2.07. The van der Waals surface area contributed by atoms with Crippen molar-refractivity contribution < 1.29 is 9.50 Å². The van der Waals surface area contributed by atoms with Gasteiger partial charge in [0.15, 0.2) is 0 Å². The number of phenolic OH excluding ortho intramolecular Hbond substituents is 1. The summed E-state index contributed by atoms with van der Waals surface area (Å²) in [5, 5.41) is 14.0. The molecule has 3 rings (SSSR count). The van der Waals surface area contributed by atoms with E-state index in [0.29, 0.717) is 11.6 Å². The van der Waals surface area contributed by atoms with Crippen LogP contribution in [0.4, 0.5) is 4.39 Å². The van der Waals surface area contributed by atoms with Crippen molar-refractivity contribution in [3.63, 3.8) is 0 Å². The van der Waals surface area contributed by atoms with Crippen LogP contribution in [0.2, 0.25) is 0 Å². The van der Waals surface area contributed by atoms with E-state index in [-0.39, 0.29) is 11.6 Å². The number of nitrogens with zero attached hydrogens (tertiary/aromatic N) is 2. The Morgan fingerprint density at radius 3 is 2.88 bits per heavy atom. The molecule has 0 radical (unpaired) electrons. The Balaban J connectivity index is 1.97. The van der Waals surface area contributed by atoms with Gasteiger partial charge in [-0.1, -0.05) is 0 Å². The summed E-state index contributed by atoms with van der Waals surface area (Å²) in [7, 11) is 0. The first-order chi connectivity index (χ1) is 8.24. The van der Waals surface area contributed by atoms with Crippen molar-refractivity contribution in [3.05, 3.63) is 36.4 Å². The summed E-state index contributed by atoms with van der Waals surface area (Å²) in [6.07, 6.45) is 7.09. The van der Waals surface area contributed by atoms with Gasteiger partial charge >= 0.3 is 0 Å². The minimum atomic E-state index is -0.353. The molecule has 1 saturated carbocycles. The zero-order valence-corrected chi connectivity index (χ0v) is 9.31. The highest BCUT2D eigenvalue weighted by Crippen LogP contribution is 2.34. The molecule has 1 aliphatic rings. The molecule has 17 heavy (non-hydrogen) atoms. The highest BCUT2D eigenvalue weighted by molar-refractivity contribution is 5.68. The van der Waals surface area contributed by atoms with Gasteiger partial charge in [-0.2, -0.15) is 5.10 Å². The van der Waals surface area contributed by atoms with Crippen LogP contribution in [0.25, 0.3) is 11.1 Å². The summed E-state index contributed by atoms with van der Waals surface area (Å²) in [4.78, 5) is 0. The maximum atomic E-state index is 13.1. The van der Waals surface area contributed by atoms with Gasteiger partial charge in [0.05, 0.1) is 12.2 Å². The van der Waals surface area contributed by atoms with Gasteiger partial charge in [-0.3, -0.25) is 4.68 Å². The predicted molar refractivity (Wildman–Crippen MR) is 62.2 cm³/mol. The fourth-order valence-corrected chi connectivity index (χ4v) is 2.07. The third kappa shape index (κ3) is 1.79. The molecular weight excluding hydrogens is 219 g/mol. The van der Waals surface area contributed by atoms with Crippen LogP contribution in [0.1, 0.15) is 25.3 Å². The predicted octanol–water partition coefficient (Wildman–Crippen LogP) is 3.12. The third-order valence-electron chi connectivity index (χ3n) is 3.32. The Labute approximate surface area is 98.5 Å². The lowest BCUT2D eigenvalue weighted by molar-refractivity contribution is 0.289. The van der Waals surface area contributed by atoms with Crippen LogP contribution in [0.15, 0.2) is 30.6 Å². The minimum absolute atomic E-state index is 0.0829. The summed E-state index contributed by atoms with van der Waals surface area (Å²) in [6, 6.07) is 4.41. The second kappa shape index (κ2) is 3.87. The fraction of sp³-hybridized carbons (Fsp3) is 0.308. The molecule has 0 aliphatic heterocycles. The van der Waals surface area contributed by atoms with Gasteiger partial charge in [0, 0.05) is 17.3 Å². The molecule has 1 heterocycles. The third-order valence-corrected chi connectivity index (χ3v) is 3.32. The average Bonchev–Trinajstić information content (AvgIpc) is 2.68. The van der Waals surface area contributed by atoms with E-state index >= 15 is 0 Å². The summed E-state index contributed by atoms with van der Waals surface area (Å²) in [5.74, 6) is -0.270. The average molecular weight is 232 g/mol. The van der Waals surface area contributed by atoms with E-state index in [9.17, 15) is 9.50 Å². The normalized spacial score (nSPS) is 15.8. The first kappa shape index (κ1) is 10.3. The van der Waals surface area contributed by atoms with Gasteiger partial charge in [0.2, 0.25) is 0 Å². The van der Waals surface area contributed by atoms with Crippen molar-refractivity contribution in [2.24, 2.45) is 0 Å². The number of aromatic nitrogens is 2. The summed E-state index contributed by atoms with van der Waals surface area (Å²) >= 11 is 0. The number of aromatic hydroxyl groups is 1. The molecule has 0 amide bonds. The van der Waals surface area contributed by atoms with Gasteiger partial charge in [0.25, 0.3) is 0 Å². The molecule has 88 valence electrons. The zero-order chi connectivity index (χ0) is 11.8. The molecule has 2 aromatic rings. The maximum absolute atomic E-state index is 13.1. The Kier molecular flexibility index (Phi) is 2.35. The second-order valence-electron chi connectivity index (χ2n) is 4.46. The summed E-state index contributed by atoms with van der Waals surface area (Å²) in [5.41, 5.74) is 1.25. The Morgan fingerprint density at radius 2 is 2.18 bits per heavy atom. The van der Waals surface area contributed by atoms with E-state index in [0.717, 1.165) is 18.4 Å². The van der Waals surface area contributed by atoms with Gasteiger partial charge < -0.3 is 5.11 Å². The number of hydrogen-bond acceptors (Lipinski definition) is 2. The minimum Gasteiger partial charge on any atom is -0.507 e. The van der Waals surface area contributed by atoms with Crippen molar-refractivity contribution in [2.75, 3.05) is 0 Å². The number of phenols is 1. The molecular formula is C13H13FN2O. The highest BCUT2D eigenvalue weighted by atomic mass is 19.1. The van der Waals surface area contributed by atoms with Crippen molar-refractivity contribution in [3.8, 4) is 16.9 Å². The number of hydrogen-bond donors (Lipinski definition) is 1. The highest BCUT2D eigenvalue weighted by Gasteiger charge is 2.20. The van der Waals surface area contributed by atoms with E-state index in [1.807, 2.05) is 10.9 Å². The Hall–Kier alpha value is -1.84. The van der Waals surface area contributed by atoms with Gasteiger partial charge in [-0.05, 0) is 37.5 Å². The van der Waals surface area contributed by atoms with Crippen molar-refractivity contribution >= 4 is 0 Å². The Morgan fingerprint density at radius 1 is 1.35 bits per heavy atom. The van der Waals surface area contributed by atoms with E-state index in [2.05, 4.69) is 5.10 Å². The van der Waals surface area contributed by atoms with Crippen molar-refractivity contribution in [1.82, 2.24) is 9.78 Å². The van der Waals surface area contributed by atoms with E-state index < -0.39 is 0 Å². The summed E-state index contributed by atoms with van der Waals surface area (Å²) < 4.78 is 15.0. The van der Waals surface area contributed by atoms with E-state index in [4.69, 9.17) is 0 Å². The van der Waals surface area contributed by atoms with Gasteiger partial charge in [-0.15, -0.1) is 0 Å². The second-order valence-corrected chi connectivity index (χ2v) is 4.46. The first-order valence-electron chi connectivity index (χ1n) is 5.77.